The number of aromatic nitrogens is 1. The molecule has 2 aromatic carbocycles. The van der Waals surface area contributed by atoms with Gasteiger partial charge in [0.2, 0.25) is 6.79 Å². The van der Waals surface area contributed by atoms with Crippen molar-refractivity contribution in [1.82, 2.24) is 4.57 Å². The molecule has 3 heterocycles. The normalized spacial score (nSPS) is 17.0. The summed E-state index contributed by atoms with van der Waals surface area (Å²) >= 11 is 10.9. The second-order valence-corrected chi connectivity index (χ2v) is 10.6. The van der Waals surface area contributed by atoms with Gasteiger partial charge in [0.25, 0.3) is 5.56 Å². The van der Waals surface area contributed by atoms with Gasteiger partial charge in [0.05, 0.1) is 27.9 Å². The molecule has 7 nitrogen and oxygen atoms in total. The number of rotatable bonds is 4. The van der Waals surface area contributed by atoms with Crippen molar-refractivity contribution in [3.05, 3.63) is 88.0 Å². The monoisotopic (exact) mass is 574 g/mol. The zero-order chi connectivity index (χ0) is 24.9. The van der Waals surface area contributed by atoms with E-state index >= 15 is 0 Å². The van der Waals surface area contributed by atoms with E-state index < -0.39 is 12.0 Å². The SMILES string of the molecule is CC1=C(C(=O)OC(C)C)C(c2ccc(Cl)cc2)n2c(sc(=Cc3cc4c(cc3Br)OCO4)c2=O)=N1. The molecule has 0 aliphatic carbocycles. The van der Waals surface area contributed by atoms with Crippen LogP contribution < -0.4 is 24.4 Å². The summed E-state index contributed by atoms with van der Waals surface area (Å²) in [6.45, 7) is 5.47. The van der Waals surface area contributed by atoms with Crippen molar-refractivity contribution in [3.63, 3.8) is 0 Å². The van der Waals surface area contributed by atoms with Gasteiger partial charge in [-0.25, -0.2) is 9.79 Å². The molecule has 1 atom stereocenters. The maximum Gasteiger partial charge on any atom is 0.338 e. The molecule has 0 saturated heterocycles. The van der Waals surface area contributed by atoms with Gasteiger partial charge in [0.1, 0.15) is 0 Å². The van der Waals surface area contributed by atoms with Crippen LogP contribution in [0.15, 0.2) is 61.9 Å². The van der Waals surface area contributed by atoms with E-state index in [1.54, 1.807) is 55.7 Å². The summed E-state index contributed by atoms with van der Waals surface area (Å²) in [5.74, 6) is 0.747. The minimum atomic E-state index is -0.697. The third-order valence-electron chi connectivity index (χ3n) is 5.55. The average Bonchev–Trinajstić information content (AvgIpc) is 3.36. The van der Waals surface area contributed by atoms with Gasteiger partial charge in [0.15, 0.2) is 16.3 Å². The molecule has 0 fully saturated rings. The van der Waals surface area contributed by atoms with Crippen LogP contribution in [0.1, 0.15) is 37.9 Å². The minimum Gasteiger partial charge on any atom is -0.459 e. The first-order valence-electron chi connectivity index (χ1n) is 10.8. The van der Waals surface area contributed by atoms with E-state index in [4.69, 9.17) is 25.8 Å². The second-order valence-electron chi connectivity index (χ2n) is 8.31. The Hall–Kier alpha value is -2.88. The zero-order valence-corrected chi connectivity index (χ0v) is 22.2. The van der Waals surface area contributed by atoms with Gasteiger partial charge in [-0.2, -0.15) is 0 Å². The Morgan fingerprint density at radius 2 is 1.94 bits per heavy atom. The Bertz CT molecular complexity index is 1560. The van der Waals surface area contributed by atoms with Gasteiger partial charge in [0, 0.05) is 9.50 Å². The maximum atomic E-state index is 13.7. The Balaban J connectivity index is 1.70. The molecule has 0 amide bonds. The predicted molar refractivity (Wildman–Crippen MR) is 137 cm³/mol. The van der Waals surface area contributed by atoms with Crippen LogP contribution in [0.5, 0.6) is 11.5 Å². The van der Waals surface area contributed by atoms with Gasteiger partial charge in [-0.3, -0.25) is 9.36 Å². The summed E-state index contributed by atoms with van der Waals surface area (Å²) in [6, 6.07) is 10.0. The highest BCUT2D eigenvalue weighted by Crippen LogP contribution is 2.37. The van der Waals surface area contributed by atoms with Crippen molar-refractivity contribution in [2.24, 2.45) is 4.99 Å². The second kappa shape index (κ2) is 9.29. The Morgan fingerprint density at radius 1 is 1.26 bits per heavy atom. The molecule has 2 aliphatic rings. The highest BCUT2D eigenvalue weighted by molar-refractivity contribution is 9.10. The van der Waals surface area contributed by atoms with Crippen molar-refractivity contribution in [3.8, 4) is 11.5 Å². The van der Waals surface area contributed by atoms with Crippen molar-refractivity contribution < 1.29 is 19.0 Å². The third-order valence-corrected chi connectivity index (χ3v) is 7.47. The van der Waals surface area contributed by atoms with Crippen molar-refractivity contribution in [2.75, 3.05) is 6.79 Å². The van der Waals surface area contributed by atoms with Crippen LogP contribution in [0.4, 0.5) is 0 Å². The highest BCUT2D eigenvalue weighted by Gasteiger charge is 2.33. The molecular weight excluding hydrogens is 556 g/mol. The number of fused-ring (bicyclic) bond motifs is 2. The first-order valence-corrected chi connectivity index (χ1v) is 12.8. The smallest absolute Gasteiger partial charge is 0.338 e. The number of hydrogen-bond donors (Lipinski definition) is 0. The summed E-state index contributed by atoms with van der Waals surface area (Å²) in [5, 5.41) is 0.556. The van der Waals surface area contributed by atoms with E-state index in [0.29, 0.717) is 37.1 Å². The lowest BCUT2D eigenvalue weighted by Gasteiger charge is -2.25. The Morgan fingerprint density at radius 3 is 2.63 bits per heavy atom. The minimum absolute atomic E-state index is 0.156. The number of halogens is 2. The highest BCUT2D eigenvalue weighted by atomic mass is 79.9. The van der Waals surface area contributed by atoms with Crippen molar-refractivity contribution in [2.45, 2.75) is 32.9 Å². The predicted octanol–water partition coefficient (Wildman–Crippen LogP) is 4.33. The number of esters is 1. The topological polar surface area (TPSA) is 79.1 Å². The summed E-state index contributed by atoms with van der Waals surface area (Å²) < 4.78 is 19.2. The van der Waals surface area contributed by atoms with Gasteiger partial charge in [-0.15, -0.1) is 0 Å². The lowest BCUT2D eigenvalue weighted by atomic mass is 9.96. The summed E-state index contributed by atoms with van der Waals surface area (Å²) in [5.41, 5.74) is 2.06. The van der Waals surface area contributed by atoms with Gasteiger partial charge >= 0.3 is 5.97 Å². The lowest BCUT2D eigenvalue weighted by molar-refractivity contribution is -0.143. The fourth-order valence-electron chi connectivity index (χ4n) is 4.01. The number of thiazole rings is 1. The first kappa shape index (κ1) is 23.8. The fourth-order valence-corrected chi connectivity index (χ4v) is 5.61. The molecule has 0 N–H and O–H groups in total. The van der Waals surface area contributed by atoms with E-state index in [9.17, 15) is 9.59 Å². The van der Waals surface area contributed by atoms with Crippen LogP contribution in [0.25, 0.3) is 6.08 Å². The van der Waals surface area contributed by atoms with Gasteiger partial charge < -0.3 is 14.2 Å². The number of benzene rings is 2. The van der Waals surface area contributed by atoms with Crippen LogP contribution in [0.3, 0.4) is 0 Å². The molecular formula is C25H20BrClN2O5S. The first-order chi connectivity index (χ1) is 16.7. The lowest BCUT2D eigenvalue weighted by Crippen LogP contribution is -2.40. The summed E-state index contributed by atoms with van der Waals surface area (Å²) in [4.78, 5) is 32.0. The van der Waals surface area contributed by atoms with E-state index in [-0.39, 0.29) is 18.5 Å². The van der Waals surface area contributed by atoms with Crippen LogP contribution in [0, 0.1) is 0 Å². The fraction of sp³-hybridized carbons (Fsp3) is 0.240. The third kappa shape index (κ3) is 4.44. The Kier molecular flexibility index (Phi) is 6.33. The molecule has 0 saturated carbocycles. The maximum absolute atomic E-state index is 13.7. The number of nitrogens with zero attached hydrogens (tertiary/aromatic N) is 2. The van der Waals surface area contributed by atoms with Crippen molar-refractivity contribution >= 4 is 50.9 Å². The summed E-state index contributed by atoms with van der Waals surface area (Å²) in [7, 11) is 0. The number of carbonyl (C=O) groups is 1. The van der Waals surface area contributed by atoms with Gasteiger partial charge in [-0.05, 0) is 62.2 Å². The molecule has 0 bridgehead atoms. The van der Waals surface area contributed by atoms with Crippen LogP contribution in [0.2, 0.25) is 5.02 Å². The van der Waals surface area contributed by atoms with Crippen molar-refractivity contribution in [1.29, 1.82) is 0 Å². The van der Waals surface area contributed by atoms with Crippen LogP contribution >= 0.6 is 38.9 Å². The van der Waals surface area contributed by atoms with E-state index in [1.807, 2.05) is 12.1 Å². The Labute approximate surface area is 218 Å². The number of carbonyl (C=O) groups excluding carboxylic acids is 1. The van der Waals surface area contributed by atoms with Gasteiger partial charge in [-0.1, -0.05) is 51.0 Å². The van der Waals surface area contributed by atoms with E-state index in [0.717, 1.165) is 15.6 Å². The average molecular weight is 576 g/mol. The molecule has 180 valence electrons. The molecule has 2 aliphatic heterocycles. The quantitative estimate of drug-likeness (QED) is 0.433. The van der Waals surface area contributed by atoms with Crippen LogP contribution in [-0.4, -0.2) is 23.4 Å². The number of allylic oxidation sites excluding steroid dienone is 1. The largest absolute Gasteiger partial charge is 0.459 e. The van der Waals surface area contributed by atoms with E-state index in [2.05, 4.69) is 20.9 Å². The zero-order valence-electron chi connectivity index (χ0n) is 19.0. The van der Waals surface area contributed by atoms with Crippen LogP contribution in [-0.2, 0) is 9.53 Å². The standard InChI is InChI=1S/C25H20BrClN2O5S/c1-12(2)34-24(31)21-13(3)28-25-29(22(21)14-4-6-16(27)7-5-14)23(30)20(35-25)9-15-8-18-19(10-17(15)26)33-11-32-18/h4-10,12,22H,11H2,1-3H3. The molecule has 3 aromatic rings. The molecule has 0 radical (unpaired) electrons. The van der Waals surface area contributed by atoms with E-state index in [1.165, 1.54) is 11.3 Å². The molecule has 1 unspecified atom stereocenters. The summed E-state index contributed by atoms with van der Waals surface area (Å²) in [6.07, 6.45) is 1.46. The number of hydrogen-bond acceptors (Lipinski definition) is 7. The molecule has 1 aromatic heterocycles. The molecule has 35 heavy (non-hydrogen) atoms. The molecule has 5 rings (SSSR count). The number of ether oxygens (including phenoxy) is 3. The molecule has 10 heteroatoms. The molecule has 0 spiro atoms.